The molecule has 0 atom stereocenters. The van der Waals surface area contributed by atoms with Crippen LogP contribution in [0.5, 0.6) is 5.75 Å². The summed E-state index contributed by atoms with van der Waals surface area (Å²) in [5.74, 6) is 0.262. The molecule has 0 radical (unpaired) electrons. The van der Waals surface area contributed by atoms with Crippen LogP contribution in [0.3, 0.4) is 0 Å². The van der Waals surface area contributed by atoms with Crippen LogP contribution in [-0.4, -0.2) is 20.1 Å². The lowest BCUT2D eigenvalue weighted by atomic mass is 10.2. The van der Waals surface area contributed by atoms with Gasteiger partial charge in [0.15, 0.2) is 0 Å². The van der Waals surface area contributed by atoms with Gasteiger partial charge in [0.1, 0.15) is 10.6 Å². The van der Waals surface area contributed by atoms with Crippen LogP contribution in [-0.2, 0) is 17.1 Å². The molecular formula is C14H16N2O4S. The maximum Gasteiger partial charge on any atom is 0.265 e. The van der Waals surface area contributed by atoms with Crippen molar-refractivity contribution < 1.29 is 13.2 Å². The van der Waals surface area contributed by atoms with E-state index < -0.39 is 10.0 Å². The number of hydrogen-bond acceptors (Lipinski definition) is 4. The summed E-state index contributed by atoms with van der Waals surface area (Å²) in [7, 11) is -0.837. The molecule has 0 unspecified atom stereocenters. The Bertz CT molecular complexity index is 825. The second-order valence-electron chi connectivity index (χ2n) is 4.63. The molecule has 0 spiro atoms. The molecule has 1 aromatic heterocycles. The highest BCUT2D eigenvalue weighted by Gasteiger charge is 2.20. The van der Waals surface area contributed by atoms with Crippen molar-refractivity contribution in [2.45, 2.75) is 11.8 Å². The number of pyridine rings is 1. The molecule has 0 bridgehead atoms. The highest BCUT2D eigenvalue weighted by molar-refractivity contribution is 7.92. The summed E-state index contributed by atoms with van der Waals surface area (Å²) < 4.78 is 33.7. The lowest BCUT2D eigenvalue weighted by molar-refractivity contribution is 0.402. The minimum absolute atomic E-state index is 0.0545. The fourth-order valence-electron chi connectivity index (χ4n) is 1.86. The lowest BCUT2D eigenvalue weighted by Crippen LogP contribution is -2.18. The highest BCUT2D eigenvalue weighted by atomic mass is 32.2. The number of sulfonamides is 1. The van der Waals surface area contributed by atoms with Gasteiger partial charge < -0.3 is 9.30 Å². The minimum Gasteiger partial charge on any atom is -0.495 e. The van der Waals surface area contributed by atoms with E-state index in [4.69, 9.17) is 4.74 Å². The lowest BCUT2D eigenvalue weighted by Gasteiger charge is -2.12. The summed E-state index contributed by atoms with van der Waals surface area (Å²) in [4.78, 5) is 11.4. The monoisotopic (exact) mass is 308 g/mol. The number of rotatable bonds is 4. The van der Waals surface area contributed by atoms with Crippen LogP contribution in [0.1, 0.15) is 5.56 Å². The first kappa shape index (κ1) is 15.1. The molecule has 0 saturated carbocycles. The van der Waals surface area contributed by atoms with Crippen LogP contribution < -0.4 is 15.0 Å². The molecule has 1 N–H and O–H groups in total. The molecule has 0 saturated heterocycles. The third-order valence-electron chi connectivity index (χ3n) is 2.95. The van der Waals surface area contributed by atoms with E-state index in [-0.39, 0.29) is 16.2 Å². The summed E-state index contributed by atoms with van der Waals surface area (Å²) in [6.07, 6.45) is 1.42. The van der Waals surface area contributed by atoms with Crippen LogP contribution in [0.15, 0.2) is 46.2 Å². The first-order chi connectivity index (χ1) is 9.83. The normalized spacial score (nSPS) is 11.2. The molecule has 0 aliphatic rings. The number of aryl methyl sites for hydroxylation is 2. The van der Waals surface area contributed by atoms with Gasteiger partial charge in [-0.2, -0.15) is 0 Å². The Kier molecular flexibility index (Phi) is 4.04. The number of nitrogens with one attached hydrogen (secondary N) is 1. The molecule has 0 aliphatic carbocycles. The summed E-state index contributed by atoms with van der Waals surface area (Å²) in [5.41, 5.74) is 0.892. The van der Waals surface area contributed by atoms with Gasteiger partial charge in [-0.3, -0.25) is 9.52 Å². The van der Waals surface area contributed by atoms with Gasteiger partial charge in [0.25, 0.3) is 10.0 Å². The highest BCUT2D eigenvalue weighted by Crippen LogP contribution is 2.26. The van der Waals surface area contributed by atoms with E-state index in [2.05, 4.69) is 4.72 Å². The molecule has 7 heteroatoms. The summed E-state index contributed by atoms with van der Waals surface area (Å²) in [6, 6.07) is 7.62. The van der Waals surface area contributed by atoms with Gasteiger partial charge in [-0.05, 0) is 30.7 Å². The summed E-state index contributed by atoms with van der Waals surface area (Å²) in [5, 5.41) is 0. The van der Waals surface area contributed by atoms with Crippen molar-refractivity contribution in [3.63, 3.8) is 0 Å². The molecular weight excluding hydrogens is 292 g/mol. The van der Waals surface area contributed by atoms with Crippen molar-refractivity contribution in [3.05, 3.63) is 52.4 Å². The predicted molar refractivity (Wildman–Crippen MR) is 80.2 cm³/mol. The van der Waals surface area contributed by atoms with Crippen LogP contribution in [0, 0.1) is 6.92 Å². The smallest absolute Gasteiger partial charge is 0.265 e. The number of nitrogens with zero attached hydrogens (tertiary/aromatic N) is 1. The van der Waals surface area contributed by atoms with Crippen LogP contribution in [0.25, 0.3) is 0 Å². The number of methoxy groups -OCH3 is 1. The first-order valence-electron chi connectivity index (χ1n) is 6.17. The van der Waals surface area contributed by atoms with Gasteiger partial charge in [0.2, 0.25) is 5.56 Å². The zero-order valence-corrected chi connectivity index (χ0v) is 12.8. The Labute approximate surface area is 123 Å². The van der Waals surface area contributed by atoms with Crippen molar-refractivity contribution in [2.75, 3.05) is 11.8 Å². The average Bonchev–Trinajstić information content (AvgIpc) is 2.42. The van der Waals surface area contributed by atoms with Crippen LogP contribution >= 0.6 is 0 Å². The van der Waals surface area contributed by atoms with Crippen molar-refractivity contribution in [1.29, 1.82) is 0 Å². The van der Waals surface area contributed by atoms with Gasteiger partial charge in [-0.15, -0.1) is 0 Å². The topological polar surface area (TPSA) is 77.4 Å². The van der Waals surface area contributed by atoms with Crippen molar-refractivity contribution >= 4 is 15.7 Å². The molecule has 0 aliphatic heterocycles. The number of aromatic nitrogens is 1. The Balaban J connectivity index is 2.45. The van der Waals surface area contributed by atoms with Gasteiger partial charge in [0.05, 0.1) is 12.8 Å². The first-order valence-corrected chi connectivity index (χ1v) is 7.66. The standard InChI is InChI=1S/C14H16N2O4S/c1-10-4-6-12(20-3)13(8-10)21(18,19)15-11-5-7-14(17)16(2)9-11/h4-9,15H,1-3H3. The Morgan fingerprint density at radius 3 is 2.52 bits per heavy atom. The zero-order chi connectivity index (χ0) is 15.6. The molecule has 0 fully saturated rings. The molecule has 6 nitrogen and oxygen atoms in total. The maximum atomic E-state index is 12.5. The van der Waals surface area contributed by atoms with Gasteiger partial charge in [0, 0.05) is 19.3 Å². The Hall–Kier alpha value is -2.28. The molecule has 21 heavy (non-hydrogen) atoms. The van der Waals surface area contributed by atoms with Gasteiger partial charge in [-0.1, -0.05) is 6.07 Å². The molecule has 2 aromatic rings. The summed E-state index contributed by atoms with van der Waals surface area (Å²) >= 11 is 0. The minimum atomic E-state index is -3.80. The zero-order valence-electron chi connectivity index (χ0n) is 12.0. The second kappa shape index (κ2) is 5.61. The fraction of sp³-hybridized carbons (Fsp3) is 0.214. The van der Waals surface area contributed by atoms with E-state index in [1.54, 1.807) is 26.1 Å². The summed E-state index contributed by atoms with van der Waals surface area (Å²) in [6.45, 7) is 1.80. The van der Waals surface area contributed by atoms with Gasteiger partial charge in [-0.25, -0.2) is 8.42 Å². The Morgan fingerprint density at radius 2 is 1.90 bits per heavy atom. The van der Waals surface area contributed by atoms with E-state index in [0.29, 0.717) is 5.69 Å². The number of hydrogen-bond donors (Lipinski definition) is 1. The Morgan fingerprint density at radius 1 is 1.19 bits per heavy atom. The van der Waals surface area contributed by atoms with Gasteiger partial charge >= 0.3 is 0 Å². The van der Waals surface area contributed by atoms with E-state index in [9.17, 15) is 13.2 Å². The predicted octanol–water partition coefficient (Wildman–Crippen LogP) is 1.50. The third kappa shape index (κ3) is 3.25. The van der Waals surface area contributed by atoms with Crippen molar-refractivity contribution in [1.82, 2.24) is 4.57 Å². The molecule has 0 amide bonds. The fourth-order valence-corrected chi connectivity index (χ4v) is 3.16. The molecule has 112 valence electrons. The molecule has 2 rings (SSSR count). The van der Waals surface area contributed by atoms with E-state index in [1.165, 1.54) is 36.1 Å². The molecule has 1 heterocycles. The number of anilines is 1. The van der Waals surface area contributed by atoms with Crippen molar-refractivity contribution in [3.8, 4) is 5.75 Å². The van der Waals surface area contributed by atoms with E-state index in [1.807, 2.05) is 0 Å². The number of ether oxygens (including phenoxy) is 1. The van der Waals surface area contributed by atoms with Crippen molar-refractivity contribution in [2.24, 2.45) is 7.05 Å². The van der Waals surface area contributed by atoms with E-state index in [0.717, 1.165) is 5.56 Å². The SMILES string of the molecule is COc1ccc(C)cc1S(=O)(=O)Nc1ccc(=O)n(C)c1. The van der Waals surface area contributed by atoms with E-state index >= 15 is 0 Å². The molecule has 1 aromatic carbocycles. The number of benzene rings is 1. The second-order valence-corrected chi connectivity index (χ2v) is 6.28. The quantitative estimate of drug-likeness (QED) is 0.928. The average molecular weight is 308 g/mol. The van der Waals surface area contributed by atoms with Crippen LogP contribution in [0.4, 0.5) is 5.69 Å². The maximum absolute atomic E-state index is 12.5. The van der Waals surface area contributed by atoms with Crippen LogP contribution in [0.2, 0.25) is 0 Å². The largest absolute Gasteiger partial charge is 0.495 e. The third-order valence-corrected chi connectivity index (χ3v) is 4.35.